The summed E-state index contributed by atoms with van der Waals surface area (Å²) in [7, 11) is 0. The van der Waals surface area contributed by atoms with Gasteiger partial charge in [0.1, 0.15) is 0 Å². The van der Waals surface area contributed by atoms with Crippen LogP contribution in [-0.4, -0.2) is 29.8 Å². The lowest BCUT2D eigenvalue weighted by Crippen LogP contribution is -2.44. The van der Waals surface area contributed by atoms with Gasteiger partial charge in [-0.1, -0.05) is 35.0 Å². The SMILES string of the molecule is CC1CCCN(CC(=O)c2cccc(Br)c2)C1C. The lowest BCUT2D eigenvalue weighted by Gasteiger charge is -2.37. The number of rotatable bonds is 3. The number of likely N-dealkylation sites (tertiary alicyclic amines) is 1. The minimum atomic E-state index is 0.220. The summed E-state index contributed by atoms with van der Waals surface area (Å²) in [6, 6.07) is 8.17. The first-order chi connectivity index (χ1) is 8.58. The molecule has 1 aromatic carbocycles. The summed E-state index contributed by atoms with van der Waals surface area (Å²) in [6.45, 7) is 6.10. The second-order valence-electron chi connectivity index (χ2n) is 5.26. The van der Waals surface area contributed by atoms with Crippen LogP contribution in [0.3, 0.4) is 0 Å². The Labute approximate surface area is 117 Å². The van der Waals surface area contributed by atoms with Gasteiger partial charge in [-0.05, 0) is 44.4 Å². The summed E-state index contributed by atoms with van der Waals surface area (Å²) in [4.78, 5) is 14.6. The van der Waals surface area contributed by atoms with Crippen LogP contribution >= 0.6 is 15.9 Å². The Morgan fingerprint density at radius 3 is 2.94 bits per heavy atom. The molecule has 2 rings (SSSR count). The number of carbonyl (C=O) groups is 1. The number of benzene rings is 1. The standard InChI is InChI=1S/C15H20BrNO/c1-11-5-4-8-17(12(11)2)10-15(18)13-6-3-7-14(16)9-13/h3,6-7,9,11-12H,4-5,8,10H2,1-2H3. The van der Waals surface area contributed by atoms with Crippen molar-refractivity contribution in [3.8, 4) is 0 Å². The molecule has 0 spiro atoms. The summed E-state index contributed by atoms with van der Waals surface area (Å²) in [5.41, 5.74) is 0.801. The Bertz CT molecular complexity index is 432. The fourth-order valence-corrected chi connectivity index (χ4v) is 2.98. The highest BCUT2D eigenvalue weighted by atomic mass is 79.9. The van der Waals surface area contributed by atoms with E-state index in [0.29, 0.717) is 18.5 Å². The number of Topliss-reactive ketones (excluding diaryl/α,β-unsaturated/α-hetero) is 1. The Balaban J connectivity index is 2.03. The van der Waals surface area contributed by atoms with Crippen LogP contribution in [0.25, 0.3) is 0 Å². The predicted octanol–water partition coefficient (Wildman–Crippen LogP) is 3.75. The monoisotopic (exact) mass is 309 g/mol. The molecular formula is C15H20BrNO. The van der Waals surface area contributed by atoms with Gasteiger partial charge in [0.15, 0.2) is 5.78 Å². The van der Waals surface area contributed by atoms with E-state index in [4.69, 9.17) is 0 Å². The minimum absolute atomic E-state index is 0.220. The highest BCUT2D eigenvalue weighted by molar-refractivity contribution is 9.10. The molecule has 1 aliphatic rings. The van der Waals surface area contributed by atoms with Crippen molar-refractivity contribution in [1.82, 2.24) is 4.90 Å². The molecule has 18 heavy (non-hydrogen) atoms. The first kappa shape index (κ1) is 13.8. The number of halogens is 1. The minimum Gasteiger partial charge on any atom is -0.293 e. The van der Waals surface area contributed by atoms with Crippen molar-refractivity contribution in [3.63, 3.8) is 0 Å². The molecule has 0 bridgehead atoms. The normalized spacial score (nSPS) is 25.1. The van der Waals surface area contributed by atoms with Crippen molar-refractivity contribution in [2.24, 2.45) is 5.92 Å². The van der Waals surface area contributed by atoms with Crippen molar-refractivity contribution < 1.29 is 4.79 Å². The molecule has 2 nitrogen and oxygen atoms in total. The van der Waals surface area contributed by atoms with Gasteiger partial charge in [0.05, 0.1) is 6.54 Å². The molecule has 0 radical (unpaired) electrons. The van der Waals surface area contributed by atoms with E-state index >= 15 is 0 Å². The van der Waals surface area contributed by atoms with E-state index in [0.717, 1.165) is 16.6 Å². The van der Waals surface area contributed by atoms with Gasteiger partial charge in [-0.15, -0.1) is 0 Å². The predicted molar refractivity (Wildman–Crippen MR) is 77.9 cm³/mol. The number of hydrogen-bond acceptors (Lipinski definition) is 2. The second-order valence-corrected chi connectivity index (χ2v) is 6.18. The zero-order chi connectivity index (χ0) is 13.1. The van der Waals surface area contributed by atoms with Crippen molar-refractivity contribution >= 4 is 21.7 Å². The summed E-state index contributed by atoms with van der Waals surface area (Å²) >= 11 is 3.41. The summed E-state index contributed by atoms with van der Waals surface area (Å²) < 4.78 is 0.966. The van der Waals surface area contributed by atoms with E-state index in [1.807, 2.05) is 24.3 Å². The highest BCUT2D eigenvalue weighted by Crippen LogP contribution is 2.23. The molecule has 2 atom stereocenters. The summed E-state index contributed by atoms with van der Waals surface area (Å²) in [5, 5.41) is 0. The van der Waals surface area contributed by atoms with Crippen LogP contribution in [0.4, 0.5) is 0 Å². The first-order valence-electron chi connectivity index (χ1n) is 6.60. The number of carbonyl (C=O) groups excluding carboxylic acids is 1. The molecule has 3 heteroatoms. The van der Waals surface area contributed by atoms with E-state index in [9.17, 15) is 4.79 Å². The molecule has 0 saturated carbocycles. The second kappa shape index (κ2) is 5.98. The van der Waals surface area contributed by atoms with E-state index in [1.54, 1.807) is 0 Å². The Kier molecular flexibility index (Phi) is 4.57. The molecular weight excluding hydrogens is 290 g/mol. The van der Waals surface area contributed by atoms with Crippen LogP contribution in [-0.2, 0) is 0 Å². The Morgan fingerprint density at radius 1 is 1.44 bits per heavy atom. The van der Waals surface area contributed by atoms with E-state index in [2.05, 4.69) is 34.7 Å². The average Bonchev–Trinajstić information content (AvgIpc) is 2.35. The van der Waals surface area contributed by atoms with Crippen molar-refractivity contribution in [2.75, 3.05) is 13.1 Å². The lowest BCUT2D eigenvalue weighted by atomic mass is 9.91. The third-order valence-electron chi connectivity index (χ3n) is 4.00. The molecule has 0 amide bonds. The molecule has 1 saturated heterocycles. The van der Waals surface area contributed by atoms with Gasteiger partial charge >= 0.3 is 0 Å². The van der Waals surface area contributed by atoms with E-state index < -0.39 is 0 Å². The number of ketones is 1. The van der Waals surface area contributed by atoms with Gasteiger partial charge in [-0.25, -0.2) is 0 Å². The smallest absolute Gasteiger partial charge is 0.176 e. The molecule has 0 aromatic heterocycles. The quantitative estimate of drug-likeness (QED) is 0.793. The Morgan fingerprint density at radius 2 is 2.22 bits per heavy atom. The van der Waals surface area contributed by atoms with Crippen LogP contribution < -0.4 is 0 Å². The van der Waals surface area contributed by atoms with Gasteiger partial charge < -0.3 is 0 Å². The molecule has 98 valence electrons. The molecule has 1 aliphatic heterocycles. The van der Waals surface area contributed by atoms with Crippen LogP contribution in [0.15, 0.2) is 28.7 Å². The summed E-state index contributed by atoms with van der Waals surface area (Å²) in [5.74, 6) is 0.909. The van der Waals surface area contributed by atoms with E-state index in [1.165, 1.54) is 12.8 Å². The Hall–Kier alpha value is -0.670. The van der Waals surface area contributed by atoms with Crippen LogP contribution in [0.5, 0.6) is 0 Å². The molecule has 1 aromatic rings. The number of piperidine rings is 1. The van der Waals surface area contributed by atoms with Gasteiger partial charge in [0.25, 0.3) is 0 Å². The maximum atomic E-state index is 12.3. The fraction of sp³-hybridized carbons (Fsp3) is 0.533. The van der Waals surface area contributed by atoms with E-state index in [-0.39, 0.29) is 5.78 Å². The van der Waals surface area contributed by atoms with Crippen molar-refractivity contribution in [1.29, 1.82) is 0 Å². The highest BCUT2D eigenvalue weighted by Gasteiger charge is 2.26. The van der Waals surface area contributed by atoms with Gasteiger partial charge in [-0.3, -0.25) is 9.69 Å². The van der Waals surface area contributed by atoms with Gasteiger partial charge in [0.2, 0.25) is 0 Å². The first-order valence-corrected chi connectivity index (χ1v) is 7.40. The average molecular weight is 310 g/mol. The fourth-order valence-electron chi connectivity index (χ4n) is 2.58. The number of nitrogens with zero attached hydrogens (tertiary/aromatic N) is 1. The topological polar surface area (TPSA) is 20.3 Å². The molecule has 1 heterocycles. The summed E-state index contributed by atoms with van der Waals surface area (Å²) in [6.07, 6.45) is 2.49. The lowest BCUT2D eigenvalue weighted by molar-refractivity contribution is 0.0779. The van der Waals surface area contributed by atoms with Crippen molar-refractivity contribution in [2.45, 2.75) is 32.7 Å². The van der Waals surface area contributed by atoms with Gasteiger partial charge in [-0.2, -0.15) is 0 Å². The maximum Gasteiger partial charge on any atom is 0.176 e. The molecule has 0 N–H and O–H groups in total. The molecule has 2 unspecified atom stereocenters. The zero-order valence-electron chi connectivity index (χ0n) is 11.0. The van der Waals surface area contributed by atoms with Crippen LogP contribution in [0, 0.1) is 5.92 Å². The largest absolute Gasteiger partial charge is 0.293 e. The van der Waals surface area contributed by atoms with Crippen LogP contribution in [0.2, 0.25) is 0 Å². The van der Waals surface area contributed by atoms with Crippen molar-refractivity contribution in [3.05, 3.63) is 34.3 Å². The van der Waals surface area contributed by atoms with Crippen LogP contribution in [0.1, 0.15) is 37.0 Å². The molecule has 1 fully saturated rings. The molecule has 0 aliphatic carbocycles. The third-order valence-corrected chi connectivity index (χ3v) is 4.49. The third kappa shape index (κ3) is 3.21. The maximum absolute atomic E-state index is 12.3. The number of hydrogen-bond donors (Lipinski definition) is 0. The zero-order valence-corrected chi connectivity index (χ0v) is 12.6. The van der Waals surface area contributed by atoms with Gasteiger partial charge in [0, 0.05) is 16.1 Å².